The Morgan fingerprint density at radius 2 is 1.25 bits per heavy atom. The van der Waals surface area contributed by atoms with E-state index in [1.54, 1.807) is 0 Å². The van der Waals surface area contributed by atoms with Crippen molar-refractivity contribution in [2.45, 2.75) is 25.2 Å². The number of rotatable bonds is 6. The van der Waals surface area contributed by atoms with Gasteiger partial charge in [0.05, 0.1) is 22.4 Å². The van der Waals surface area contributed by atoms with Crippen molar-refractivity contribution in [1.29, 1.82) is 0 Å². The molecule has 0 amide bonds. The largest absolute Gasteiger partial charge is 0.317 e. The fourth-order valence-corrected chi connectivity index (χ4v) is 8.95. The Labute approximate surface area is 326 Å². The lowest BCUT2D eigenvalue weighted by molar-refractivity contribution is 0.805. The number of para-hydroxylation sites is 2. The molecule has 0 saturated carbocycles. The molecule has 0 bridgehead atoms. The van der Waals surface area contributed by atoms with Gasteiger partial charge in [-0.15, -0.1) is 0 Å². The van der Waals surface area contributed by atoms with Gasteiger partial charge in [0.2, 0.25) is 0 Å². The summed E-state index contributed by atoms with van der Waals surface area (Å²) in [6.07, 6.45) is 14.6. The van der Waals surface area contributed by atoms with Crippen LogP contribution in [0, 0.1) is 0 Å². The lowest BCUT2D eigenvalue weighted by Crippen LogP contribution is -2.21. The van der Waals surface area contributed by atoms with Crippen LogP contribution in [0.2, 0.25) is 0 Å². The van der Waals surface area contributed by atoms with Gasteiger partial charge in [-0.2, -0.15) is 0 Å². The second kappa shape index (κ2) is 13.4. The normalized spacial score (nSPS) is 16.0. The summed E-state index contributed by atoms with van der Waals surface area (Å²) in [5.41, 5.74) is 16.5. The predicted molar refractivity (Wildman–Crippen MR) is 231 cm³/mol. The number of aromatic nitrogens is 3. The molecule has 6 aromatic carbocycles. The fourth-order valence-electron chi connectivity index (χ4n) is 8.95. The van der Waals surface area contributed by atoms with E-state index in [-0.39, 0.29) is 0 Å². The summed E-state index contributed by atoms with van der Waals surface area (Å²) in [5, 5.41) is 2.49. The Kier molecular flexibility index (Phi) is 7.73. The highest BCUT2D eigenvalue weighted by molar-refractivity contribution is 6.10. The second-order valence-electron chi connectivity index (χ2n) is 14.9. The van der Waals surface area contributed by atoms with Crippen molar-refractivity contribution in [2.24, 2.45) is 0 Å². The maximum atomic E-state index is 5.14. The Morgan fingerprint density at radius 1 is 0.536 bits per heavy atom. The Morgan fingerprint density at radius 3 is 2.04 bits per heavy atom. The molecule has 2 aliphatic carbocycles. The molecule has 0 saturated heterocycles. The molecule has 0 unspecified atom stereocenters. The van der Waals surface area contributed by atoms with Crippen molar-refractivity contribution in [2.75, 3.05) is 4.90 Å². The minimum atomic E-state index is 0.336. The van der Waals surface area contributed by atoms with E-state index in [9.17, 15) is 0 Å². The van der Waals surface area contributed by atoms with Crippen LogP contribution in [0.4, 0.5) is 5.69 Å². The molecule has 3 heterocycles. The number of hydrogen-bond acceptors (Lipinski definition) is 3. The van der Waals surface area contributed by atoms with Gasteiger partial charge in [-0.25, -0.2) is 9.97 Å². The quantitative estimate of drug-likeness (QED) is 0.172. The van der Waals surface area contributed by atoms with Gasteiger partial charge in [0.15, 0.2) is 5.82 Å². The number of hydrogen-bond donors (Lipinski definition) is 0. The molecule has 0 spiro atoms. The lowest BCUT2D eigenvalue weighted by atomic mass is 9.84. The number of benzene rings is 6. The van der Waals surface area contributed by atoms with Crippen molar-refractivity contribution in [3.63, 3.8) is 0 Å². The van der Waals surface area contributed by atoms with Gasteiger partial charge >= 0.3 is 0 Å². The lowest BCUT2D eigenvalue weighted by Gasteiger charge is -2.29. The second-order valence-corrected chi connectivity index (χ2v) is 14.9. The van der Waals surface area contributed by atoms with Crippen LogP contribution in [-0.4, -0.2) is 14.5 Å². The summed E-state index contributed by atoms with van der Waals surface area (Å²) in [5.74, 6) is 1.04. The molecule has 0 fully saturated rings. The van der Waals surface area contributed by atoms with Crippen LogP contribution >= 0.6 is 0 Å². The number of anilines is 1. The average Bonchev–Trinajstić information content (AvgIpc) is 3.79. The first-order chi connectivity index (χ1) is 27.8. The standard InChI is InChI=1S/C52H38N4/c1-4-15-35(16-5-1)46-34-47(36-17-6-2-7-18-36)54-52(53-46)39-19-14-22-41(31-39)56-49-26-13-11-24-43(49)45-33-38(28-30-51(45)56)37-27-29-50-44(32-37)42-23-10-12-25-48(42)55(50)40-20-8-3-9-21-40/h1-8,10-20,22-31,33-34,44H,9,21,32H2/t44-/m0/s1. The van der Waals surface area contributed by atoms with E-state index in [4.69, 9.17) is 9.97 Å². The number of fused-ring (bicyclic) bond motifs is 6. The van der Waals surface area contributed by atoms with Crippen LogP contribution in [0.25, 0.3) is 67.0 Å². The highest BCUT2D eigenvalue weighted by Crippen LogP contribution is 2.52. The van der Waals surface area contributed by atoms with Gasteiger partial charge in [-0.3, -0.25) is 0 Å². The molecule has 1 aliphatic heterocycles. The molecule has 11 rings (SSSR count). The van der Waals surface area contributed by atoms with Crippen molar-refractivity contribution in [1.82, 2.24) is 14.5 Å². The monoisotopic (exact) mass is 718 g/mol. The molecule has 8 aromatic rings. The van der Waals surface area contributed by atoms with E-state index in [1.165, 1.54) is 55.6 Å². The first-order valence-corrected chi connectivity index (χ1v) is 19.6. The predicted octanol–water partition coefficient (Wildman–Crippen LogP) is 13.1. The summed E-state index contributed by atoms with van der Waals surface area (Å²) >= 11 is 0. The highest BCUT2D eigenvalue weighted by Gasteiger charge is 2.37. The molecule has 4 heteroatoms. The average molecular weight is 719 g/mol. The smallest absolute Gasteiger partial charge is 0.160 e. The van der Waals surface area contributed by atoms with E-state index >= 15 is 0 Å². The highest BCUT2D eigenvalue weighted by atomic mass is 15.2. The van der Waals surface area contributed by atoms with E-state index in [1.807, 2.05) is 12.1 Å². The van der Waals surface area contributed by atoms with E-state index in [0.717, 1.165) is 53.0 Å². The Hall–Kier alpha value is -7.04. The zero-order valence-electron chi connectivity index (χ0n) is 30.9. The third kappa shape index (κ3) is 5.45. The third-order valence-electron chi connectivity index (χ3n) is 11.6. The van der Waals surface area contributed by atoms with Gasteiger partial charge in [0.1, 0.15) is 0 Å². The van der Waals surface area contributed by atoms with Crippen molar-refractivity contribution in [3.05, 3.63) is 211 Å². The molecule has 1 atom stereocenters. The molecule has 4 nitrogen and oxygen atoms in total. The van der Waals surface area contributed by atoms with Crippen LogP contribution < -0.4 is 4.90 Å². The molecular weight excluding hydrogens is 681 g/mol. The van der Waals surface area contributed by atoms with Crippen LogP contribution in [0.1, 0.15) is 36.3 Å². The molecule has 0 radical (unpaired) electrons. The van der Waals surface area contributed by atoms with Crippen molar-refractivity contribution >= 4 is 33.1 Å². The van der Waals surface area contributed by atoms with Crippen molar-refractivity contribution < 1.29 is 0 Å². The molecule has 56 heavy (non-hydrogen) atoms. The number of nitrogens with zero attached hydrogens (tertiary/aromatic N) is 4. The maximum Gasteiger partial charge on any atom is 0.160 e. The molecule has 266 valence electrons. The minimum Gasteiger partial charge on any atom is -0.317 e. The summed E-state index contributed by atoms with van der Waals surface area (Å²) < 4.78 is 2.39. The van der Waals surface area contributed by atoms with Gasteiger partial charge in [-0.1, -0.05) is 133 Å². The van der Waals surface area contributed by atoms with Crippen LogP contribution in [-0.2, 0) is 0 Å². The Balaban J connectivity index is 1.00. The summed E-state index contributed by atoms with van der Waals surface area (Å²) in [4.78, 5) is 12.8. The molecule has 3 aliphatic rings. The van der Waals surface area contributed by atoms with E-state index in [0.29, 0.717) is 11.7 Å². The van der Waals surface area contributed by atoms with E-state index in [2.05, 4.69) is 185 Å². The zero-order chi connectivity index (χ0) is 37.0. The molecule has 0 N–H and O–H groups in total. The SMILES string of the molecule is C1=CCCC(N2C3=CC=C(c4ccc5c(c4)c4ccccc4n5-c4cccc(-c5nc(-c6ccccc6)cc(-c6ccccc6)n5)c4)C[C@H]3c3ccccc32)=C1. The fraction of sp³-hybridized carbons (Fsp3) is 0.0769. The topological polar surface area (TPSA) is 34.0 Å². The van der Waals surface area contributed by atoms with Gasteiger partial charge in [0.25, 0.3) is 0 Å². The summed E-state index contributed by atoms with van der Waals surface area (Å²) in [6.45, 7) is 0. The van der Waals surface area contributed by atoms with Gasteiger partial charge in [0, 0.05) is 56.1 Å². The molecule has 2 aromatic heterocycles. The Bertz CT molecular complexity index is 2890. The van der Waals surface area contributed by atoms with E-state index < -0.39 is 0 Å². The van der Waals surface area contributed by atoms with Crippen LogP contribution in [0.5, 0.6) is 0 Å². The van der Waals surface area contributed by atoms with Crippen LogP contribution in [0.3, 0.4) is 0 Å². The summed E-state index contributed by atoms with van der Waals surface area (Å²) in [6, 6.07) is 56.3. The first kappa shape index (κ1) is 32.4. The third-order valence-corrected chi connectivity index (χ3v) is 11.6. The number of allylic oxidation sites excluding steroid dienone is 8. The van der Waals surface area contributed by atoms with Gasteiger partial charge in [-0.05, 0) is 90.6 Å². The first-order valence-electron chi connectivity index (χ1n) is 19.6. The molecular formula is C52H38N4. The van der Waals surface area contributed by atoms with Crippen LogP contribution in [0.15, 0.2) is 199 Å². The van der Waals surface area contributed by atoms with Crippen molar-refractivity contribution in [3.8, 4) is 39.6 Å². The maximum absolute atomic E-state index is 5.14. The van der Waals surface area contributed by atoms with Gasteiger partial charge < -0.3 is 9.47 Å². The minimum absolute atomic E-state index is 0.336. The summed E-state index contributed by atoms with van der Waals surface area (Å²) in [7, 11) is 0. The zero-order valence-corrected chi connectivity index (χ0v) is 30.9.